The number of nitrogens with one attached hydrogen (secondary N) is 2. The Bertz CT molecular complexity index is 855. The zero-order valence-electron chi connectivity index (χ0n) is 13.6. The minimum atomic E-state index is -0.406. The van der Waals surface area contributed by atoms with Crippen molar-refractivity contribution in [2.45, 2.75) is 19.4 Å². The first-order valence-corrected chi connectivity index (χ1v) is 7.84. The number of methoxy groups -OCH3 is 1. The molecule has 0 spiro atoms. The first-order valence-electron chi connectivity index (χ1n) is 7.84. The second-order valence-electron chi connectivity index (χ2n) is 5.57. The Balaban J connectivity index is 1.85. The zero-order chi connectivity index (χ0) is 17.1. The van der Waals surface area contributed by atoms with Crippen LogP contribution in [0.4, 0.5) is 4.39 Å². The molecular formula is C19H19FN2O2. The third-order valence-electron chi connectivity index (χ3n) is 4.13. The number of fused-ring (bicyclic) bond motifs is 1. The Morgan fingerprint density at radius 2 is 2.00 bits per heavy atom. The van der Waals surface area contributed by atoms with E-state index in [1.54, 1.807) is 25.4 Å². The van der Waals surface area contributed by atoms with Gasteiger partial charge in [0.25, 0.3) is 5.91 Å². The van der Waals surface area contributed by atoms with Crippen molar-refractivity contribution in [3.8, 4) is 5.75 Å². The minimum Gasteiger partial charge on any atom is -0.497 e. The molecule has 5 heteroatoms. The van der Waals surface area contributed by atoms with E-state index in [4.69, 9.17) is 4.74 Å². The van der Waals surface area contributed by atoms with E-state index >= 15 is 0 Å². The number of benzene rings is 2. The van der Waals surface area contributed by atoms with Crippen LogP contribution < -0.4 is 10.1 Å². The van der Waals surface area contributed by atoms with Gasteiger partial charge in [-0.15, -0.1) is 0 Å². The minimum absolute atomic E-state index is 0.153. The Labute approximate surface area is 139 Å². The van der Waals surface area contributed by atoms with Crippen LogP contribution in [-0.2, 0) is 0 Å². The van der Waals surface area contributed by atoms with Gasteiger partial charge in [-0.25, -0.2) is 4.39 Å². The molecule has 4 nitrogen and oxygen atoms in total. The van der Waals surface area contributed by atoms with Gasteiger partial charge in [0.2, 0.25) is 0 Å². The highest BCUT2D eigenvalue weighted by Crippen LogP contribution is 2.24. The van der Waals surface area contributed by atoms with E-state index in [0.717, 1.165) is 17.7 Å². The second-order valence-corrected chi connectivity index (χ2v) is 5.57. The Kier molecular flexibility index (Phi) is 4.51. The van der Waals surface area contributed by atoms with Gasteiger partial charge in [-0.05, 0) is 36.2 Å². The first-order chi connectivity index (χ1) is 11.6. The maximum absolute atomic E-state index is 14.1. The molecule has 3 rings (SSSR count). The van der Waals surface area contributed by atoms with E-state index < -0.39 is 5.82 Å². The van der Waals surface area contributed by atoms with Crippen LogP contribution >= 0.6 is 0 Å². The highest BCUT2D eigenvalue weighted by atomic mass is 19.1. The summed E-state index contributed by atoms with van der Waals surface area (Å²) < 4.78 is 19.2. The summed E-state index contributed by atoms with van der Waals surface area (Å²) in [5.74, 6) is 0.0593. The first kappa shape index (κ1) is 16.1. The molecule has 1 amide bonds. The van der Waals surface area contributed by atoms with Gasteiger partial charge in [0.1, 0.15) is 11.6 Å². The molecule has 1 heterocycles. The van der Waals surface area contributed by atoms with Crippen molar-refractivity contribution in [1.82, 2.24) is 10.3 Å². The average molecular weight is 326 g/mol. The molecule has 0 saturated heterocycles. The van der Waals surface area contributed by atoms with E-state index in [1.165, 1.54) is 6.07 Å². The summed E-state index contributed by atoms with van der Waals surface area (Å²) in [4.78, 5) is 15.6. The third-order valence-corrected chi connectivity index (χ3v) is 4.13. The lowest BCUT2D eigenvalue weighted by molar-refractivity contribution is 0.0937. The van der Waals surface area contributed by atoms with Crippen LogP contribution in [0.15, 0.2) is 48.7 Å². The van der Waals surface area contributed by atoms with Gasteiger partial charge >= 0.3 is 0 Å². The fourth-order valence-electron chi connectivity index (χ4n) is 2.81. The number of aromatic amines is 1. The molecule has 2 N–H and O–H groups in total. The maximum Gasteiger partial charge on any atom is 0.254 e. The van der Waals surface area contributed by atoms with E-state index in [1.807, 2.05) is 31.2 Å². The number of aromatic nitrogens is 1. The molecule has 0 aliphatic carbocycles. The Hall–Kier alpha value is -2.82. The van der Waals surface area contributed by atoms with Crippen LogP contribution in [0, 0.1) is 5.82 Å². The largest absolute Gasteiger partial charge is 0.497 e. The van der Waals surface area contributed by atoms with Gasteiger partial charge in [-0.2, -0.15) is 0 Å². The molecule has 3 aromatic rings. The lowest BCUT2D eigenvalue weighted by Gasteiger charge is -2.17. The molecule has 124 valence electrons. The van der Waals surface area contributed by atoms with Crippen LogP contribution in [0.2, 0.25) is 0 Å². The van der Waals surface area contributed by atoms with Gasteiger partial charge in [0.15, 0.2) is 0 Å². The van der Waals surface area contributed by atoms with Crippen molar-refractivity contribution >= 4 is 16.8 Å². The van der Waals surface area contributed by atoms with E-state index in [0.29, 0.717) is 16.5 Å². The molecule has 0 radical (unpaired) electrons. The third kappa shape index (κ3) is 2.97. The van der Waals surface area contributed by atoms with E-state index in [-0.39, 0.29) is 11.9 Å². The molecule has 24 heavy (non-hydrogen) atoms. The van der Waals surface area contributed by atoms with Gasteiger partial charge < -0.3 is 15.0 Å². The monoisotopic (exact) mass is 326 g/mol. The van der Waals surface area contributed by atoms with E-state index in [9.17, 15) is 9.18 Å². The lowest BCUT2D eigenvalue weighted by atomic mass is 10.0. The summed E-state index contributed by atoms with van der Waals surface area (Å²) in [5, 5.41) is 3.29. The van der Waals surface area contributed by atoms with Crippen LogP contribution in [0.1, 0.15) is 35.3 Å². The summed E-state index contributed by atoms with van der Waals surface area (Å²) in [6.45, 7) is 1.99. The van der Waals surface area contributed by atoms with Crippen molar-refractivity contribution in [1.29, 1.82) is 0 Å². The van der Waals surface area contributed by atoms with E-state index in [2.05, 4.69) is 10.3 Å². The highest BCUT2D eigenvalue weighted by Gasteiger charge is 2.19. The topological polar surface area (TPSA) is 54.1 Å². The smallest absolute Gasteiger partial charge is 0.254 e. The molecule has 0 saturated carbocycles. The molecule has 1 aromatic heterocycles. The van der Waals surface area contributed by atoms with Crippen molar-refractivity contribution in [3.05, 3.63) is 65.6 Å². The highest BCUT2D eigenvalue weighted by molar-refractivity contribution is 6.07. The molecule has 0 bridgehead atoms. The number of halogens is 1. The molecular weight excluding hydrogens is 307 g/mol. The van der Waals surface area contributed by atoms with Crippen LogP contribution in [0.3, 0.4) is 0 Å². The number of carbonyl (C=O) groups is 1. The normalized spacial score (nSPS) is 12.1. The fourth-order valence-corrected chi connectivity index (χ4v) is 2.81. The SMILES string of the molecule is CCC(NC(=O)c1c[nH]c2cccc(F)c12)c1ccc(OC)cc1. The fraction of sp³-hybridized carbons (Fsp3) is 0.211. The van der Waals surface area contributed by atoms with Crippen molar-refractivity contribution in [2.75, 3.05) is 7.11 Å². The number of H-pyrrole nitrogens is 1. The van der Waals surface area contributed by atoms with Crippen LogP contribution in [-0.4, -0.2) is 18.0 Å². The average Bonchev–Trinajstić information content (AvgIpc) is 3.05. The number of hydrogen-bond donors (Lipinski definition) is 2. The number of rotatable bonds is 5. The number of ether oxygens (including phenoxy) is 1. The molecule has 1 unspecified atom stereocenters. The van der Waals surface area contributed by atoms with Crippen LogP contribution in [0.5, 0.6) is 5.75 Å². The summed E-state index contributed by atoms with van der Waals surface area (Å²) in [5.41, 5.74) is 1.90. The zero-order valence-corrected chi connectivity index (χ0v) is 13.6. The maximum atomic E-state index is 14.1. The van der Waals surface area contributed by atoms with Gasteiger partial charge in [-0.1, -0.05) is 25.1 Å². The number of hydrogen-bond acceptors (Lipinski definition) is 2. The second kappa shape index (κ2) is 6.74. The quantitative estimate of drug-likeness (QED) is 0.738. The number of amides is 1. The molecule has 0 fully saturated rings. The summed E-state index contributed by atoms with van der Waals surface area (Å²) in [6.07, 6.45) is 2.27. The van der Waals surface area contributed by atoms with Gasteiger partial charge in [-0.3, -0.25) is 4.79 Å². The predicted octanol–water partition coefficient (Wildman–Crippen LogP) is 4.20. The van der Waals surface area contributed by atoms with Crippen molar-refractivity contribution in [2.24, 2.45) is 0 Å². The van der Waals surface area contributed by atoms with Gasteiger partial charge in [0.05, 0.1) is 18.7 Å². The molecule has 0 aliphatic rings. The summed E-state index contributed by atoms with van der Waals surface area (Å²) in [6, 6.07) is 12.1. The van der Waals surface area contributed by atoms with Crippen molar-refractivity contribution < 1.29 is 13.9 Å². The Morgan fingerprint density at radius 3 is 2.67 bits per heavy atom. The predicted molar refractivity (Wildman–Crippen MR) is 91.7 cm³/mol. The van der Waals surface area contributed by atoms with Crippen molar-refractivity contribution in [3.63, 3.8) is 0 Å². The molecule has 2 aromatic carbocycles. The molecule has 1 atom stereocenters. The summed E-state index contributed by atoms with van der Waals surface area (Å²) in [7, 11) is 1.61. The van der Waals surface area contributed by atoms with Gasteiger partial charge in [0, 0.05) is 17.1 Å². The Morgan fingerprint density at radius 1 is 1.25 bits per heavy atom. The lowest BCUT2D eigenvalue weighted by Crippen LogP contribution is -2.28. The number of carbonyl (C=O) groups excluding carboxylic acids is 1. The standard InChI is InChI=1S/C19H19FN2O2/c1-3-16(12-7-9-13(24-2)10-8-12)22-19(23)14-11-21-17-6-4-5-15(20)18(14)17/h4-11,16,21H,3H2,1-2H3,(H,22,23). The van der Waals surface area contributed by atoms with Crippen LogP contribution in [0.25, 0.3) is 10.9 Å². The summed E-state index contributed by atoms with van der Waals surface area (Å²) >= 11 is 0. The molecule has 0 aliphatic heterocycles.